The number of aromatic nitrogens is 2. The Kier molecular flexibility index (Phi) is 4.33. The third-order valence-corrected chi connectivity index (χ3v) is 2.62. The molecule has 0 aliphatic heterocycles. The lowest BCUT2D eigenvalue weighted by molar-refractivity contribution is 0.0698. The highest BCUT2D eigenvalue weighted by molar-refractivity contribution is 5.99. The summed E-state index contributed by atoms with van der Waals surface area (Å²) in [4.78, 5) is 26.6. The van der Waals surface area contributed by atoms with Gasteiger partial charge in [-0.1, -0.05) is 12.1 Å². The molecule has 0 radical (unpaired) electrons. The van der Waals surface area contributed by atoms with Gasteiger partial charge in [-0.3, -0.25) is 0 Å². The fourth-order valence-electron chi connectivity index (χ4n) is 1.66. The number of anilines is 1. The second-order valence-corrected chi connectivity index (χ2v) is 4.03. The third-order valence-electron chi connectivity index (χ3n) is 2.62. The van der Waals surface area contributed by atoms with Crippen LogP contribution in [0.5, 0.6) is 0 Å². The maximum atomic E-state index is 11.7. The van der Waals surface area contributed by atoms with Crippen LogP contribution in [0, 0.1) is 0 Å². The zero-order chi connectivity index (χ0) is 14.4. The second kappa shape index (κ2) is 6.37. The highest BCUT2D eigenvalue weighted by Crippen LogP contribution is 2.14. The van der Waals surface area contributed by atoms with Crippen LogP contribution in [0.3, 0.4) is 0 Å². The Bertz CT molecular complexity index is 595. The zero-order valence-corrected chi connectivity index (χ0v) is 10.6. The van der Waals surface area contributed by atoms with Crippen molar-refractivity contribution in [3.63, 3.8) is 0 Å². The summed E-state index contributed by atoms with van der Waals surface area (Å²) in [6.45, 7) is 1.01. The van der Waals surface area contributed by atoms with Crippen molar-refractivity contribution >= 4 is 17.7 Å². The molecule has 2 aromatic rings. The van der Waals surface area contributed by atoms with Gasteiger partial charge in [-0.15, -0.1) is 0 Å². The van der Waals surface area contributed by atoms with Gasteiger partial charge in [0.05, 0.1) is 17.6 Å². The summed E-state index contributed by atoms with van der Waals surface area (Å²) in [5.41, 5.74) is 0.317. The Morgan fingerprint density at radius 2 is 2.10 bits per heavy atom. The minimum absolute atomic E-state index is 0.0530. The Balaban J connectivity index is 1.87. The summed E-state index contributed by atoms with van der Waals surface area (Å²) in [5, 5.41) is 14.2. The predicted molar refractivity (Wildman–Crippen MR) is 72.6 cm³/mol. The molecular weight excluding hydrogens is 260 g/mol. The summed E-state index contributed by atoms with van der Waals surface area (Å²) in [6, 6.07) is 5.79. The van der Waals surface area contributed by atoms with Gasteiger partial charge in [0.15, 0.2) is 0 Å². The molecule has 7 heteroatoms. The Hall–Kier alpha value is -2.83. The molecular formula is C13H14N4O3. The number of carbonyl (C=O) groups is 2. The van der Waals surface area contributed by atoms with Crippen LogP contribution in [0.1, 0.15) is 10.4 Å². The molecule has 0 unspecified atom stereocenters. The number of benzene rings is 1. The van der Waals surface area contributed by atoms with Gasteiger partial charge in [0.1, 0.15) is 0 Å². The van der Waals surface area contributed by atoms with Gasteiger partial charge < -0.3 is 20.3 Å². The normalized spacial score (nSPS) is 10.0. The number of carbonyl (C=O) groups excluding carboxylic acids is 1. The molecule has 1 aromatic heterocycles. The monoisotopic (exact) mass is 274 g/mol. The van der Waals surface area contributed by atoms with E-state index in [1.54, 1.807) is 36.9 Å². The molecule has 0 spiro atoms. The third kappa shape index (κ3) is 3.58. The SMILES string of the molecule is O=C(NCCn1ccnc1)Nc1ccccc1C(=O)O. The number of carboxylic acids is 1. The van der Waals surface area contributed by atoms with Gasteiger partial charge in [-0.25, -0.2) is 14.6 Å². The van der Waals surface area contributed by atoms with Gasteiger partial charge in [0, 0.05) is 25.5 Å². The number of para-hydroxylation sites is 1. The van der Waals surface area contributed by atoms with Crippen LogP contribution in [-0.2, 0) is 6.54 Å². The first-order chi connectivity index (χ1) is 9.66. The number of urea groups is 1. The number of aromatic carboxylic acids is 1. The standard InChI is InChI=1S/C13H14N4O3/c18-12(19)10-3-1-2-4-11(10)16-13(20)15-6-8-17-7-5-14-9-17/h1-5,7,9H,6,8H2,(H,18,19)(H2,15,16,20). The molecule has 0 bridgehead atoms. The van der Waals surface area contributed by atoms with Crippen LogP contribution >= 0.6 is 0 Å². The van der Waals surface area contributed by atoms with E-state index in [4.69, 9.17) is 5.11 Å². The van der Waals surface area contributed by atoms with Crippen molar-refractivity contribution in [1.29, 1.82) is 0 Å². The Morgan fingerprint density at radius 1 is 1.30 bits per heavy atom. The molecule has 1 aromatic carbocycles. The average Bonchev–Trinajstić information content (AvgIpc) is 2.92. The smallest absolute Gasteiger partial charge is 0.337 e. The van der Waals surface area contributed by atoms with Gasteiger partial charge >= 0.3 is 12.0 Å². The maximum Gasteiger partial charge on any atom is 0.337 e. The Labute approximate surface area is 115 Å². The molecule has 2 amide bonds. The first kappa shape index (κ1) is 13.6. The van der Waals surface area contributed by atoms with Gasteiger partial charge in [-0.05, 0) is 12.1 Å². The molecule has 0 aliphatic carbocycles. The van der Waals surface area contributed by atoms with Crippen molar-refractivity contribution in [2.75, 3.05) is 11.9 Å². The van der Waals surface area contributed by atoms with Crippen molar-refractivity contribution in [1.82, 2.24) is 14.9 Å². The van der Waals surface area contributed by atoms with E-state index in [1.807, 2.05) is 4.57 Å². The molecule has 0 aliphatic rings. The molecule has 0 atom stereocenters. The second-order valence-electron chi connectivity index (χ2n) is 4.03. The van der Waals surface area contributed by atoms with Gasteiger partial charge in [0.25, 0.3) is 0 Å². The number of hydrogen-bond donors (Lipinski definition) is 3. The van der Waals surface area contributed by atoms with Crippen LogP contribution in [0.25, 0.3) is 0 Å². The van der Waals surface area contributed by atoms with E-state index in [2.05, 4.69) is 15.6 Å². The van der Waals surface area contributed by atoms with Crippen molar-refractivity contribution < 1.29 is 14.7 Å². The van der Waals surface area contributed by atoms with Crippen LogP contribution in [0.2, 0.25) is 0 Å². The molecule has 20 heavy (non-hydrogen) atoms. The molecule has 1 heterocycles. The van der Waals surface area contributed by atoms with E-state index >= 15 is 0 Å². The lowest BCUT2D eigenvalue weighted by Gasteiger charge is -2.09. The molecule has 2 rings (SSSR count). The van der Waals surface area contributed by atoms with Crippen LogP contribution in [0.15, 0.2) is 43.0 Å². The summed E-state index contributed by atoms with van der Waals surface area (Å²) in [6.07, 6.45) is 5.10. The van der Waals surface area contributed by atoms with E-state index in [-0.39, 0.29) is 11.3 Å². The molecule has 7 nitrogen and oxygen atoms in total. The van der Waals surface area contributed by atoms with E-state index in [9.17, 15) is 9.59 Å². The van der Waals surface area contributed by atoms with Crippen LogP contribution in [-0.4, -0.2) is 33.2 Å². The van der Waals surface area contributed by atoms with Crippen molar-refractivity contribution in [3.8, 4) is 0 Å². The van der Waals surface area contributed by atoms with Crippen LogP contribution in [0.4, 0.5) is 10.5 Å². The molecule has 0 saturated carbocycles. The van der Waals surface area contributed by atoms with Crippen LogP contribution < -0.4 is 10.6 Å². The fraction of sp³-hybridized carbons (Fsp3) is 0.154. The summed E-state index contributed by atoms with van der Waals surface area (Å²) in [7, 11) is 0. The average molecular weight is 274 g/mol. The summed E-state index contributed by atoms with van der Waals surface area (Å²) in [5.74, 6) is -1.08. The minimum atomic E-state index is -1.08. The number of imidazole rings is 1. The number of nitrogens with one attached hydrogen (secondary N) is 2. The van der Waals surface area contributed by atoms with Crippen molar-refractivity contribution in [2.45, 2.75) is 6.54 Å². The molecule has 3 N–H and O–H groups in total. The van der Waals surface area contributed by atoms with E-state index in [0.717, 1.165) is 0 Å². The number of amides is 2. The predicted octanol–water partition coefficient (Wildman–Crippen LogP) is 1.40. The van der Waals surface area contributed by atoms with Crippen molar-refractivity contribution in [2.24, 2.45) is 0 Å². The zero-order valence-electron chi connectivity index (χ0n) is 10.6. The minimum Gasteiger partial charge on any atom is -0.478 e. The Morgan fingerprint density at radius 3 is 2.80 bits per heavy atom. The number of carboxylic acid groups (broad SMARTS) is 1. The molecule has 104 valence electrons. The quantitative estimate of drug-likeness (QED) is 0.768. The highest BCUT2D eigenvalue weighted by atomic mass is 16.4. The van der Waals surface area contributed by atoms with E-state index < -0.39 is 12.0 Å². The van der Waals surface area contributed by atoms with Gasteiger partial charge in [0.2, 0.25) is 0 Å². The first-order valence-electron chi connectivity index (χ1n) is 6.00. The topological polar surface area (TPSA) is 96.3 Å². The molecule has 0 saturated heterocycles. The first-order valence-corrected chi connectivity index (χ1v) is 6.00. The maximum absolute atomic E-state index is 11.7. The lowest BCUT2D eigenvalue weighted by atomic mass is 10.2. The molecule has 0 fully saturated rings. The number of rotatable bonds is 5. The van der Waals surface area contributed by atoms with E-state index in [1.165, 1.54) is 6.07 Å². The lowest BCUT2D eigenvalue weighted by Crippen LogP contribution is -2.31. The summed E-state index contributed by atoms with van der Waals surface area (Å²) >= 11 is 0. The van der Waals surface area contributed by atoms with Crippen molar-refractivity contribution in [3.05, 3.63) is 48.5 Å². The fourth-order valence-corrected chi connectivity index (χ4v) is 1.66. The van der Waals surface area contributed by atoms with E-state index in [0.29, 0.717) is 13.1 Å². The van der Waals surface area contributed by atoms with Gasteiger partial charge in [-0.2, -0.15) is 0 Å². The number of hydrogen-bond acceptors (Lipinski definition) is 3. The highest BCUT2D eigenvalue weighted by Gasteiger charge is 2.10. The largest absolute Gasteiger partial charge is 0.478 e. The number of nitrogens with zero attached hydrogens (tertiary/aromatic N) is 2. The summed E-state index contributed by atoms with van der Waals surface area (Å²) < 4.78 is 1.82.